The largest absolute Gasteiger partial charge is 0.481 e. The summed E-state index contributed by atoms with van der Waals surface area (Å²) in [4.78, 5) is 27.8. The Morgan fingerprint density at radius 3 is 2.33 bits per heavy atom. The minimum Gasteiger partial charge on any atom is -0.481 e. The van der Waals surface area contributed by atoms with E-state index < -0.39 is 38.2 Å². The third-order valence-electron chi connectivity index (χ3n) is 8.46. The lowest BCUT2D eigenvalue weighted by Crippen LogP contribution is -2.58. The third kappa shape index (κ3) is 6.29. The van der Waals surface area contributed by atoms with Gasteiger partial charge in [-0.3, -0.25) is 9.59 Å². The van der Waals surface area contributed by atoms with Crippen LogP contribution in [-0.4, -0.2) is 47.6 Å². The van der Waals surface area contributed by atoms with Crippen molar-refractivity contribution in [2.75, 3.05) is 6.54 Å². The predicted octanol–water partition coefficient (Wildman–Crippen LogP) is 6.17. The Morgan fingerprint density at radius 2 is 1.77 bits per heavy atom. The van der Waals surface area contributed by atoms with Gasteiger partial charge in [-0.05, 0) is 74.4 Å². The lowest BCUT2D eigenvalue weighted by Gasteiger charge is -2.52. The molecule has 1 saturated heterocycles. The van der Waals surface area contributed by atoms with Gasteiger partial charge >= 0.3 is 5.97 Å². The number of rotatable bonds is 11. The lowest BCUT2D eigenvalue weighted by atomic mass is 9.66. The molecule has 0 bridgehead atoms. The second-order valence-electron chi connectivity index (χ2n) is 11.4. The van der Waals surface area contributed by atoms with Gasteiger partial charge in [0.1, 0.15) is 0 Å². The number of carbonyl (C=O) groups is 2. The Labute approximate surface area is 240 Å². The SMILES string of the molecule is CC[C@@H](CNS(=O)(=O)C1(C)CC1)N1C(=O)[C@](C)(CCC(=O)O)C[C@H](c2cccc(Cl)c2)[C@H]1c1ccc(Cl)cc1. The van der Waals surface area contributed by atoms with Gasteiger partial charge in [-0.25, -0.2) is 13.1 Å². The van der Waals surface area contributed by atoms with Crippen LogP contribution in [0.1, 0.15) is 82.4 Å². The molecule has 2 fully saturated rings. The summed E-state index contributed by atoms with van der Waals surface area (Å²) in [5.41, 5.74) is 0.833. The number of hydrogen-bond donors (Lipinski definition) is 2. The molecule has 2 aromatic rings. The maximum atomic E-state index is 14.4. The summed E-state index contributed by atoms with van der Waals surface area (Å²) in [5, 5.41) is 10.6. The number of nitrogens with zero attached hydrogens (tertiary/aromatic N) is 1. The average molecular weight is 596 g/mol. The summed E-state index contributed by atoms with van der Waals surface area (Å²) >= 11 is 12.6. The second kappa shape index (κ2) is 11.4. The van der Waals surface area contributed by atoms with Crippen molar-refractivity contribution in [1.82, 2.24) is 9.62 Å². The number of benzene rings is 2. The van der Waals surface area contributed by atoms with E-state index in [1.165, 1.54) is 0 Å². The van der Waals surface area contributed by atoms with Crippen LogP contribution in [0, 0.1) is 5.41 Å². The number of hydrogen-bond acceptors (Lipinski definition) is 4. The normalized spacial score (nSPS) is 25.4. The fraction of sp³-hybridized carbons (Fsp3) is 0.517. The van der Waals surface area contributed by atoms with E-state index in [1.807, 2.05) is 44.2 Å². The molecule has 1 aliphatic carbocycles. The lowest BCUT2D eigenvalue weighted by molar-refractivity contribution is -0.156. The standard InChI is InChI=1S/C29H36Cl2N2O5S/c1-4-23(18-32-39(37,38)29(3)14-15-29)33-26(19-8-10-21(30)11-9-19)24(20-6-5-7-22(31)16-20)17-28(2,27(33)36)13-12-25(34)35/h5-11,16,23-24,26,32H,4,12-15,17-18H2,1-3H3,(H,34,35)/t23-,24+,26+,28+/m0/s1. The summed E-state index contributed by atoms with van der Waals surface area (Å²) in [6, 6.07) is 14.0. The van der Waals surface area contributed by atoms with Crippen molar-refractivity contribution in [2.24, 2.45) is 5.41 Å². The number of piperidine rings is 1. The summed E-state index contributed by atoms with van der Waals surface area (Å²) in [6.45, 7) is 5.56. The molecule has 0 radical (unpaired) electrons. The van der Waals surface area contributed by atoms with Crippen LogP contribution in [0.2, 0.25) is 10.0 Å². The fourth-order valence-corrected chi connectivity index (χ4v) is 7.38. The van der Waals surface area contributed by atoms with Crippen LogP contribution in [0.4, 0.5) is 0 Å². The van der Waals surface area contributed by atoms with E-state index in [0.717, 1.165) is 11.1 Å². The number of carboxylic acid groups (broad SMARTS) is 1. The topological polar surface area (TPSA) is 104 Å². The quantitative estimate of drug-likeness (QED) is 0.323. The first-order chi connectivity index (χ1) is 18.3. The zero-order valence-electron chi connectivity index (χ0n) is 22.5. The van der Waals surface area contributed by atoms with Gasteiger partial charge < -0.3 is 10.0 Å². The zero-order chi connectivity index (χ0) is 28.6. The molecule has 2 N–H and O–H groups in total. The number of likely N-dealkylation sites (tertiary alicyclic amines) is 1. The van der Waals surface area contributed by atoms with Crippen LogP contribution in [0.5, 0.6) is 0 Å². The maximum absolute atomic E-state index is 14.4. The molecule has 0 spiro atoms. The smallest absolute Gasteiger partial charge is 0.303 e. The van der Waals surface area contributed by atoms with Gasteiger partial charge in [0.15, 0.2) is 0 Å². The molecule has 1 amide bonds. The Kier molecular flexibility index (Phi) is 8.72. The van der Waals surface area contributed by atoms with Crippen molar-refractivity contribution in [3.8, 4) is 0 Å². The van der Waals surface area contributed by atoms with E-state index in [1.54, 1.807) is 30.0 Å². The number of carboxylic acids is 1. The highest BCUT2D eigenvalue weighted by molar-refractivity contribution is 7.91. The molecular weight excluding hydrogens is 559 g/mol. The molecule has 1 aliphatic heterocycles. The Balaban J connectivity index is 1.82. The summed E-state index contributed by atoms with van der Waals surface area (Å²) in [7, 11) is -3.56. The van der Waals surface area contributed by atoms with E-state index in [0.29, 0.717) is 35.7 Å². The molecule has 1 heterocycles. The van der Waals surface area contributed by atoms with Gasteiger partial charge in [0.05, 0.1) is 10.8 Å². The van der Waals surface area contributed by atoms with Crippen molar-refractivity contribution >= 4 is 45.1 Å². The van der Waals surface area contributed by atoms with Crippen LogP contribution < -0.4 is 4.72 Å². The molecular formula is C29H36Cl2N2O5S. The number of amides is 1. The van der Waals surface area contributed by atoms with Crippen LogP contribution in [0.25, 0.3) is 0 Å². The first-order valence-electron chi connectivity index (χ1n) is 13.3. The van der Waals surface area contributed by atoms with E-state index in [4.69, 9.17) is 23.2 Å². The molecule has 4 rings (SSSR count). The molecule has 0 aromatic heterocycles. The summed E-state index contributed by atoms with van der Waals surface area (Å²) in [5.74, 6) is -1.36. The highest BCUT2D eigenvalue weighted by Gasteiger charge is 2.53. The Hall–Kier alpha value is -2.13. The summed E-state index contributed by atoms with van der Waals surface area (Å²) < 4.78 is 28.0. The van der Waals surface area contributed by atoms with Gasteiger partial charge in [-0.1, -0.05) is 61.3 Å². The van der Waals surface area contributed by atoms with E-state index in [2.05, 4.69) is 4.72 Å². The van der Waals surface area contributed by atoms with Crippen LogP contribution in [-0.2, 0) is 19.6 Å². The van der Waals surface area contributed by atoms with E-state index >= 15 is 0 Å². The Bertz CT molecular complexity index is 1330. The highest BCUT2D eigenvalue weighted by atomic mass is 35.5. The number of halogens is 2. The molecule has 0 unspecified atom stereocenters. The molecule has 2 aromatic carbocycles. The molecule has 7 nitrogen and oxygen atoms in total. The molecule has 1 saturated carbocycles. The number of carbonyl (C=O) groups excluding carboxylic acids is 1. The van der Waals surface area contributed by atoms with Gasteiger partial charge in [0.25, 0.3) is 0 Å². The van der Waals surface area contributed by atoms with Gasteiger partial charge in [0.2, 0.25) is 15.9 Å². The van der Waals surface area contributed by atoms with Crippen LogP contribution in [0.15, 0.2) is 48.5 Å². The minimum atomic E-state index is -3.56. The van der Waals surface area contributed by atoms with E-state index in [-0.39, 0.29) is 31.2 Å². The molecule has 39 heavy (non-hydrogen) atoms. The first-order valence-corrected chi connectivity index (χ1v) is 15.6. The van der Waals surface area contributed by atoms with Gasteiger partial charge in [-0.15, -0.1) is 0 Å². The number of aliphatic carboxylic acids is 1. The third-order valence-corrected chi connectivity index (χ3v) is 11.2. The summed E-state index contributed by atoms with van der Waals surface area (Å²) in [6.07, 6.45) is 2.17. The maximum Gasteiger partial charge on any atom is 0.303 e. The fourth-order valence-electron chi connectivity index (χ4n) is 5.66. The van der Waals surface area contributed by atoms with Crippen LogP contribution in [0.3, 0.4) is 0 Å². The van der Waals surface area contributed by atoms with Crippen molar-refractivity contribution < 1.29 is 23.1 Å². The molecule has 4 atom stereocenters. The highest BCUT2D eigenvalue weighted by Crippen LogP contribution is 2.52. The van der Waals surface area contributed by atoms with Crippen molar-refractivity contribution in [3.05, 3.63) is 69.7 Å². The molecule has 212 valence electrons. The molecule has 10 heteroatoms. The van der Waals surface area contributed by atoms with Crippen molar-refractivity contribution in [2.45, 2.75) is 82.0 Å². The zero-order valence-corrected chi connectivity index (χ0v) is 24.8. The second-order valence-corrected chi connectivity index (χ2v) is 14.5. The van der Waals surface area contributed by atoms with Gasteiger partial charge in [0, 0.05) is 40.4 Å². The number of nitrogens with one attached hydrogen (secondary N) is 1. The molecule has 2 aliphatic rings. The average Bonchev–Trinajstić information content (AvgIpc) is 3.65. The predicted molar refractivity (Wildman–Crippen MR) is 153 cm³/mol. The van der Waals surface area contributed by atoms with Crippen molar-refractivity contribution in [1.29, 1.82) is 0 Å². The minimum absolute atomic E-state index is 0.0710. The van der Waals surface area contributed by atoms with Crippen LogP contribution >= 0.6 is 23.2 Å². The monoisotopic (exact) mass is 594 g/mol. The Morgan fingerprint density at radius 1 is 1.10 bits per heavy atom. The van der Waals surface area contributed by atoms with E-state index in [9.17, 15) is 23.1 Å². The first kappa shape index (κ1) is 29.8. The number of sulfonamides is 1. The van der Waals surface area contributed by atoms with Gasteiger partial charge in [-0.2, -0.15) is 0 Å². The van der Waals surface area contributed by atoms with Crippen molar-refractivity contribution in [3.63, 3.8) is 0 Å².